The Morgan fingerprint density at radius 2 is 2.00 bits per heavy atom. The van der Waals surface area contributed by atoms with Gasteiger partial charge in [-0.3, -0.25) is 0 Å². The first-order valence-corrected chi connectivity index (χ1v) is 6.26. The molecular weight excluding hydrogens is 230 g/mol. The molecule has 2 amide bonds. The zero-order valence-electron chi connectivity index (χ0n) is 10.5. The van der Waals surface area contributed by atoms with E-state index in [1.165, 1.54) is 0 Å². The average Bonchev–Trinajstić information content (AvgIpc) is 2.73. The number of amides is 2. The van der Waals surface area contributed by atoms with Gasteiger partial charge in [-0.25, -0.2) is 4.79 Å². The van der Waals surface area contributed by atoms with Gasteiger partial charge in [0.15, 0.2) is 0 Å². The quantitative estimate of drug-likeness (QED) is 0.818. The Hall–Kier alpha value is -1.68. The van der Waals surface area contributed by atoms with Gasteiger partial charge in [-0.1, -0.05) is 30.3 Å². The zero-order valence-corrected chi connectivity index (χ0v) is 10.5. The summed E-state index contributed by atoms with van der Waals surface area (Å²) in [7, 11) is 0. The van der Waals surface area contributed by atoms with E-state index in [-0.39, 0.29) is 18.4 Å². The molecule has 0 radical (unpaired) electrons. The second-order valence-corrected chi connectivity index (χ2v) is 4.92. The molecule has 1 heterocycles. The molecule has 1 aliphatic heterocycles. The van der Waals surface area contributed by atoms with E-state index in [4.69, 9.17) is 0 Å². The highest BCUT2D eigenvalue weighted by molar-refractivity contribution is 5.82. The number of rotatable bonds is 2. The number of quaternary nitrogens is 1. The summed E-state index contributed by atoms with van der Waals surface area (Å²) in [5.74, 6) is -0.210. The molecule has 4 nitrogen and oxygen atoms in total. The maximum absolute atomic E-state index is 12.4. The molecule has 4 heteroatoms. The SMILES string of the molecule is C[C@@H]1CCC[N+]1(C(=O)O)C(=O)Cc1ccccc1. The molecule has 0 aromatic heterocycles. The minimum atomic E-state index is -1.01. The predicted octanol–water partition coefficient (Wildman–Crippen LogP) is 2.43. The molecule has 1 N–H and O–H groups in total. The van der Waals surface area contributed by atoms with Crippen molar-refractivity contribution in [2.45, 2.75) is 32.2 Å². The summed E-state index contributed by atoms with van der Waals surface area (Å²) >= 11 is 0. The fourth-order valence-electron chi connectivity index (χ4n) is 2.75. The van der Waals surface area contributed by atoms with Crippen LogP contribution in [0.4, 0.5) is 4.79 Å². The predicted molar refractivity (Wildman–Crippen MR) is 67.0 cm³/mol. The van der Waals surface area contributed by atoms with Gasteiger partial charge < -0.3 is 5.11 Å². The summed E-state index contributed by atoms with van der Waals surface area (Å²) in [5.41, 5.74) is 0.875. The number of hydrogen-bond donors (Lipinski definition) is 1. The number of carboxylic acid groups (broad SMARTS) is 1. The molecule has 0 saturated carbocycles. The standard InChI is InChI=1S/C14H17NO3/c1-11-6-5-9-15(11,14(17)18)13(16)10-12-7-3-2-4-8-12/h2-4,7-8,11H,5-6,9-10H2,1H3/p+1/t11-,15?/m1/s1. The maximum Gasteiger partial charge on any atom is 0.521 e. The van der Waals surface area contributed by atoms with Gasteiger partial charge in [0, 0.05) is 12.8 Å². The molecule has 18 heavy (non-hydrogen) atoms. The number of carbonyl (C=O) groups is 2. The summed E-state index contributed by atoms with van der Waals surface area (Å²) in [6.45, 7) is 2.27. The van der Waals surface area contributed by atoms with Crippen LogP contribution in [0.15, 0.2) is 30.3 Å². The van der Waals surface area contributed by atoms with Crippen molar-refractivity contribution < 1.29 is 19.2 Å². The van der Waals surface area contributed by atoms with Gasteiger partial charge in [-0.05, 0) is 12.5 Å². The van der Waals surface area contributed by atoms with Crippen LogP contribution >= 0.6 is 0 Å². The van der Waals surface area contributed by atoms with Crippen molar-refractivity contribution in [3.05, 3.63) is 35.9 Å². The summed E-state index contributed by atoms with van der Waals surface area (Å²) in [6, 6.07) is 9.20. The fraction of sp³-hybridized carbons (Fsp3) is 0.429. The van der Waals surface area contributed by atoms with Gasteiger partial charge in [-0.2, -0.15) is 9.28 Å². The number of carbonyl (C=O) groups excluding carboxylic acids is 1. The molecule has 1 saturated heterocycles. The molecular formula is C14H18NO3+. The summed E-state index contributed by atoms with van der Waals surface area (Å²) in [6.07, 6.45) is 0.777. The van der Waals surface area contributed by atoms with Crippen LogP contribution in [-0.4, -0.2) is 34.2 Å². The lowest BCUT2D eigenvalue weighted by molar-refractivity contribution is -0.792. The Morgan fingerprint density at radius 1 is 1.33 bits per heavy atom. The Morgan fingerprint density at radius 3 is 2.50 bits per heavy atom. The number of likely N-dealkylation sites (tertiary alicyclic amines) is 1. The molecule has 1 unspecified atom stereocenters. The smallest absolute Gasteiger partial charge is 0.435 e. The van der Waals surface area contributed by atoms with Crippen LogP contribution in [0, 0.1) is 0 Å². The van der Waals surface area contributed by atoms with E-state index < -0.39 is 10.6 Å². The van der Waals surface area contributed by atoms with Crippen LogP contribution < -0.4 is 0 Å². The monoisotopic (exact) mass is 248 g/mol. The second kappa shape index (κ2) is 4.90. The van der Waals surface area contributed by atoms with Crippen LogP contribution in [-0.2, 0) is 11.2 Å². The van der Waals surface area contributed by atoms with Crippen molar-refractivity contribution in [1.82, 2.24) is 0 Å². The molecule has 96 valence electrons. The van der Waals surface area contributed by atoms with Crippen LogP contribution in [0.3, 0.4) is 0 Å². The lowest BCUT2D eigenvalue weighted by Crippen LogP contribution is -2.59. The third-order valence-electron chi connectivity index (χ3n) is 3.87. The Kier molecular flexibility index (Phi) is 3.48. The molecule has 1 aromatic rings. The molecule has 2 rings (SSSR count). The molecule has 0 aliphatic carbocycles. The molecule has 1 aliphatic rings. The van der Waals surface area contributed by atoms with Gasteiger partial charge in [0.1, 0.15) is 6.04 Å². The molecule has 0 bridgehead atoms. The Labute approximate surface area is 106 Å². The first-order valence-electron chi connectivity index (χ1n) is 6.26. The van der Waals surface area contributed by atoms with Crippen molar-refractivity contribution >= 4 is 12.0 Å². The van der Waals surface area contributed by atoms with Gasteiger partial charge in [-0.15, -0.1) is 0 Å². The lowest BCUT2D eigenvalue weighted by atomic mass is 10.1. The van der Waals surface area contributed by atoms with E-state index in [9.17, 15) is 14.7 Å². The highest BCUT2D eigenvalue weighted by Crippen LogP contribution is 2.28. The van der Waals surface area contributed by atoms with Gasteiger partial charge in [0.25, 0.3) is 0 Å². The molecule has 1 aromatic carbocycles. The molecule has 2 atom stereocenters. The van der Waals surface area contributed by atoms with Crippen LogP contribution in [0.25, 0.3) is 0 Å². The second-order valence-electron chi connectivity index (χ2n) is 4.92. The third kappa shape index (κ3) is 2.04. The number of imide groups is 1. The van der Waals surface area contributed by atoms with E-state index in [1.54, 1.807) is 0 Å². The normalized spacial score (nSPS) is 27.1. The van der Waals surface area contributed by atoms with Crippen molar-refractivity contribution in [2.24, 2.45) is 0 Å². The number of nitrogens with zero attached hydrogens (tertiary/aromatic N) is 1. The summed E-state index contributed by atoms with van der Waals surface area (Å²) in [4.78, 5) is 23.9. The first-order chi connectivity index (χ1) is 8.57. The van der Waals surface area contributed by atoms with E-state index in [0.717, 1.165) is 18.4 Å². The van der Waals surface area contributed by atoms with Gasteiger partial charge in [0.05, 0.1) is 13.0 Å². The highest BCUT2D eigenvalue weighted by Gasteiger charge is 2.52. The largest absolute Gasteiger partial charge is 0.521 e. The Bertz CT molecular complexity index is 457. The zero-order chi connectivity index (χ0) is 13.2. The van der Waals surface area contributed by atoms with Crippen molar-refractivity contribution in [3.63, 3.8) is 0 Å². The van der Waals surface area contributed by atoms with Crippen LogP contribution in [0.5, 0.6) is 0 Å². The minimum Gasteiger partial charge on any atom is -0.435 e. The number of benzene rings is 1. The highest BCUT2D eigenvalue weighted by atomic mass is 16.4. The first kappa shape index (κ1) is 12.8. The van der Waals surface area contributed by atoms with E-state index >= 15 is 0 Å². The van der Waals surface area contributed by atoms with Crippen LogP contribution in [0.1, 0.15) is 25.3 Å². The van der Waals surface area contributed by atoms with Gasteiger partial charge >= 0.3 is 12.0 Å². The van der Waals surface area contributed by atoms with E-state index in [2.05, 4.69) is 0 Å². The fourth-order valence-corrected chi connectivity index (χ4v) is 2.75. The van der Waals surface area contributed by atoms with Crippen molar-refractivity contribution in [2.75, 3.05) is 6.54 Å². The average molecular weight is 248 g/mol. The van der Waals surface area contributed by atoms with Crippen molar-refractivity contribution in [1.29, 1.82) is 0 Å². The third-order valence-corrected chi connectivity index (χ3v) is 3.87. The Balaban J connectivity index is 2.23. The lowest BCUT2D eigenvalue weighted by Gasteiger charge is -2.29. The summed E-state index contributed by atoms with van der Waals surface area (Å²) in [5, 5.41) is 9.43. The van der Waals surface area contributed by atoms with E-state index in [1.807, 2.05) is 37.3 Å². The maximum atomic E-state index is 12.4. The van der Waals surface area contributed by atoms with Crippen LogP contribution in [0.2, 0.25) is 0 Å². The number of hydrogen-bond acceptors (Lipinski definition) is 2. The minimum absolute atomic E-state index is 0.126. The van der Waals surface area contributed by atoms with Gasteiger partial charge in [0.2, 0.25) is 0 Å². The molecule has 0 spiro atoms. The summed E-state index contributed by atoms with van der Waals surface area (Å²) < 4.78 is -0.408. The topological polar surface area (TPSA) is 54.4 Å². The van der Waals surface area contributed by atoms with Crippen molar-refractivity contribution in [3.8, 4) is 0 Å². The molecule has 1 fully saturated rings. The van der Waals surface area contributed by atoms with E-state index in [0.29, 0.717) is 6.54 Å².